The third-order valence-electron chi connectivity index (χ3n) is 10.5. The van der Waals surface area contributed by atoms with Crippen LogP contribution in [0.25, 0.3) is 71.6 Å². The third kappa shape index (κ3) is 4.66. The maximum atomic E-state index is 15.7. The van der Waals surface area contributed by atoms with Gasteiger partial charge < -0.3 is 4.57 Å². The highest BCUT2D eigenvalue weighted by Crippen LogP contribution is 2.50. The van der Waals surface area contributed by atoms with Gasteiger partial charge in [0.2, 0.25) is 0 Å². The molecule has 0 amide bonds. The normalized spacial score (nSPS) is 15.0. The molecule has 0 N–H and O–H groups in total. The van der Waals surface area contributed by atoms with Gasteiger partial charge in [-0.05, 0) is 110 Å². The molecule has 1 unspecified atom stereocenters. The lowest BCUT2D eigenvalue weighted by Crippen LogP contribution is -2.33. The summed E-state index contributed by atoms with van der Waals surface area (Å²) in [6.07, 6.45) is 0.761. The van der Waals surface area contributed by atoms with Crippen molar-refractivity contribution < 1.29 is 4.57 Å². The van der Waals surface area contributed by atoms with Crippen LogP contribution in [0.15, 0.2) is 170 Å². The highest BCUT2D eigenvalue weighted by Gasteiger charge is 2.39. The summed E-state index contributed by atoms with van der Waals surface area (Å²) in [6.45, 7) is 2.14. The highest BCUT2D eigenvalue weighted by atomic mass is 31.2. The number of aryl methyl sites for hydroxylation is 1. The van der Waals surface area contributed by atoms with Crippen molar-refractivity contribution in [2.45, 2.75) is 13.3 Å². The second kappa shape index (κ2) is 11.5. The largest absolute Gasteiger partial charge is 0.308 e. The van der Waals surface area contributed by atoms with Crippen molar-refractivity contribution in [3.63, 3.8) is 0 Å². The van der Waals surface area contributed by atoms with Gasteiger partial charge >= 0.3 is 0 Å². The van der Waals surface area contributed by atoms with E-state index in [1.54, 1.807) is 0 Å². The Hall–Kier alpha value is -6.02. The fourth-order valence-corrected chi connectivity index (χ4v) is 11.0. The van der Waals surface area contributed by atoms with Gasteiger partial charge in [-0.25, -0.2) is 4.98 Å². The van der Waals surface area contributed by atoms with Gasteiger partial charge in [0.1, 0.15) is 5.82 Å². The van der Waals surface area contributed by atoms with Crippen LogP contribution in [0.5, 0.6) is 0 Å². The zero-order valence-electron chi connectivity index (χ0n) is 28.1. The van der Waals surface area contributed by atoms with Crippen molar-refractivity contribution in [1.29, 1.82) is 0 Å². The van der Waals surface area contributed by atoms with Gasteiger partial charge in [0, 0.05) is 22.3 Å². The van der Waals surface area contributed by atoms with E-state index in [9.17, 15) is 0 Å². The number of nitrogens with zero attached hydrogens (tertiary/aromatic N) is 2. The minimum absolute atomic E-state index is 0.761. The van der Waals surface area contributed by atoms with Crippen LogP contribution in [0.1, 0.15) is 12.7 Å². The predicted octanol–water partition coefficient (Wildman–Crippen LogP) is 10.8. The molecular formula is C47H33N2OP. The lowest BCUT2D eigenvalue weighted by atomic mass is 9.91. The number of para-hydroxylation sites is 1. The molecule has 0 radical (unpaired) electrons. The van der Waals surface area contributed by atoms with E-state index in [0.29, 0.717) is 0 Å². The number of benzene rings is 8. The van der Waals surface area contributed by atoms with Crippen LogP contribution in [0.2, 0.25) is 0 Å². The van der Waals surface area contributed by atoms with Crippen LogP contribution in [0, 0.1) is 0 Å². The Balaban J connectivity index is 1.22. The molecule has 1 aliphatic rings. The maximum absolute atomic E-state index is 15.7. The second-order valence-electron chi connectivity index (χ2n) is 13.4. The summed E-state index contributed by atoms with van der Waals surface area (Å²) in [7, 11) is -3.20. The van der Waals surface area contributed by atoms with Gasteiger partial charge in [-0.2, -0.15) is 0 Å². The molecule has 0 aliphatic carbocycles. The van der Waals surface area contributed by atoms with Crippen molar-refractivity contribution in [3.05, 3.63) is 176 Å². The number of aromatic nitrogens is 2. The summed E-state index contributed by atoms with van der Waals surface area (Å²) in [5, 5.41) is 7.43. The first-order valence-corrected chi connectivity index (χ1v) is 19.2. The summed E-state index contributed by atoms with van der Waals surface area (Å²) in [5.74, 6) is 0.969. The van der Waals surface area contributed by atoms with Crippen molar-refractivity contribution >= 4 is 55.6 Å². The SMILES string of the molecule is CCc1nc2cccc3c2n1-c1cc(-c2cc(-c4ccc5ccccc5c4)cc(-c4ccc5ccccc5c4)c2)ccc1P3(=O)c1ccccc1. The summed E-state index contributed by atoms with van der Waals surface area (Å²) < 4.78 is 17.9. The van der Waals surface area contributed by atoms with E-state index in [2.05, 4.69) is 133 Å². The molecule has 0 saturated heterocycles. The Morgan fingerprint density at radius 1 is 0.490 bits per heavy atom. The summed E-state index contributed by atoms with van der Waals surface area (Å²) >= 11 is 0. The van der Waals surface area contributed by atoms with Crippen LogP contribution < -0.4 is 15.9 Å². The van der Waals surface area contributed by atoms with E-state index in [0.717, 1.165) is 67.1 Å². The number of fused-ring (bicyclic) bond motifs is 4. The first kappa shape index (κ1) is 29.9. The smallest absolute Gasteiger partial charge is 0.175 e. The fraction of sp³-hybridized carbons (Fsp3) is 0.0426. The van der Waals surface area contributed by atoms with Gasteiger partial charge in [-0.15, -0.1) is 0 Å². The van der Waals surface area contributed by atoms with Gasteiger partial charge in [0.05, 0.1) is 16.7 Å². The molecule has 10 rings (SSSR count). The Labute approximate surface area is 296 Å². The van der Waals surface area contributed by atoms with Gasteiger partial charge in [0.15, 0.2) is 7.14 Å². The Kier molecular flexibility index (Phi) is 6.74. The molecule has 3 nitrogen and oxygen atoms in total. The highest BCUT2D eigenvalue weighted by molar-refractivity contribution is 7.86. The molecule has 4 heteroatoms. The Morgan fingerprint density at radius 2 is 1.04 bits per heavy atom. The number of hydrogen-bond acceptors (Lipinski definition) is 2. The molecule has 1 aliphatic heterocycles. The zero-order valence-corrected chi connectivity index (χ0v) is 29.0. The van der Waals surface area contributed by atoms with Crippen molar-refractivity contribution in [1.82, 2.24) is 9.55 Å². The van der Waals surface area contributed by atoms with Gasteiger partial charge in [0.25, 0.3) is 0 Å². The van der Waals surface area contributed by atoms with Crippen molar-refractivity contribution in [2.75, 3.05) is 0 Å². The molecule has 0 bridgehead atoms. The first-order chi connectivity index (χ1) is 25.1. The van der Waals surface area contributed by atoms with Crippen molar-refractivity contribution in [2.24, 2.45) is 0 Å². The molecule has 51 heavy (non-hydrogen) atoms. The van der Waals surface area contributed by atoms with E-state index in [1.165, 1.54) is 32.7 Å². The molecular weight excluding hydrogens is 640 g/mol. The molecule has 8 aromatic carbocycles. The summed E-state index contributed by atoms with van der Waals surface area (Å²) in [5.41, 5.74) is 9.60. The summed E-state index contributed by atoms with van der Waals surface area (Å²) in [6, 6.07) is 59.9. The number of rotatable bonds is 5. The molecule has 2 heterocycles. The van der Waals surface area contributed by atoms with Crippen LogP contribution in [-0.2, 0) is 11.0 Å². The zero-order chi connectivity index (χ0) is 34.1. The molecule has 1 aromatic heterocycles. The lowest BCUT2D eigenvalue weighted by molar-refractivity contribution is 0.592. The van der Waals surface area contributed by atoms with Gasteiger partial charge in [-0.3, -0.25) is 4.57 Å². The second-order valence-corrected chi connectivity index (χ2v) is 16.1. The first-order valence-electron chi connectivity index (χ1n) is 17.5. The van der Waals surface area contributed by atoms with E-state index >= 15 is 4.57 Å². The minimum Gasteiger partial charge on any atom is -0.308 e. The topological polar surface area (TPSA) is 34.9 Å². The van der Waals surface area contributed by atoms with E-state index in [1.807, 2.05) is 48.5 Å². The van der Waals surface area contributed by atoms with E-state index in [4.69, 9.17) is 4.98 Å². The molecule has 0 saturated carbocycles. The quantitative estimate of drug-likeness (QED) is 0.171. The van der Waals surface area contributed by atoms with Crippen molar-refractivity contribution in [3.8, 4) is 39.1 Å². The van der Waals surface area contributed by atoms with E-state index < -0.39 is 7.14 Å². The minimum atomic E-state index is -3.20. The number of imidazole rings is 1. The standard InChI is InChI=1S/C47H33N2OP/c1-2-46-48-42-17-10-18-45-47(42)49(46)43-30-37(23-24-44(43)51(45,50)41-15-4-3-5-16-41)40-28-38(35-21-19-31-11-6-8-13-33(31)25-35)27-39(29-40)36-22-20-32-12-7-9-14-34(32)26-36/h3-30H,2H2,1H3. The molecule has 9 aromatic rings. The number of hydrogen-bond donors (Lipinski definition) is 0. The molecule has 242 valence electrons. The summed E-state index contributed by atoms with van der Waals surface area (Å²) in [4.78, 5) is 5.06. The van der Waals surface area contributed by atoms with E-state index in [-0.39, 0.29) is 0 Å². The third-order valence-corrected chi connectivity index (χ3v) is 13.6. The monoisotopic (exact) mass is 672 g/mol. The van der Waals surface area contributed by atoms with Gasteiger partial charge in [-0.1, -0.05) is 122 Å². The van der Waals surface area contributed by atoms with Crippen LogP contribution >= 0.6 is 7.14 Å². The predicted molar refractivity (Wildman–Crippen MR) is 215 cm³/mol. The average molecular weight is 673 g/mol. The Bertz CT molecular complexity index is 2790. The van der Waals surface area contributed by atoms with Crippen LogP contribution in [0.3, 0.4) is 0 Å². The lowest BCUT2D eigenvalue weighted by Gasteiger charge is -2.29. The fourth-order valence-electron chi connectivity index (χ4n) is 7.97. The molecule has 0 spiro atoms. The molecule has 1 atom stereocenters. The van der Waals surface area contributed by atoms with Crippen LogP contribution in [-0.4, -0.2) is 9.55 Å². The average Bonchev–Trinajstić information content (AvgIpc) is 3.59. The maximum Gasteiger partial charge on any atom is 0.175 e. The van der Waals surface area contributed by atoms with Crippen LogP contribution in [0.4, 0.5) is 0 Å². The molecule has 0 fully saturated rings. The Morgan fingerprint density at radius 3 is 1.65 bits per heavy atom.